The van der Waals surface area contributed by atoms with Gasteiger partial charge in [0.2, 0.25) is 0 Å². The summed E-state index contributed by atoms with van der Waals surface area (Å²) in [5.74, 6) is 1.73. The van der Waals surface area contributed by atoms with Gasteiger partial charge in [0.05, 0.1) is 0 Å². The Bertz CT molecular complexity index is 654. The van der Waals surface area contributed by atoms with Crippen LogP contribution in [0.4, 0.5) is 0 Å². The first-order chi connectivity index (χ1) is 12.4. The second kappa shape index (κ2) is 9.77. The lowest BCUT2D eigenvalue weighted by Gasteiger charge is -2.32. The molecule has 144 valence electrons. The number of fused-ring (bicyclic) bond motifs is 1. The number of halogens is 1. The minimum atomic E-state index is 0. The summed E-state index contributed by atoms with van der Waals surface area (Å²) < 4.78 is 0. The van der Waals surface area contributed by atoms with Crippen LogP contribution in [0.5, 0.6) is 0 Å². The fraction of sp³-hybridized carbons (Fsp3) is 0.636. The SMILES string of the molecule is Cl.c1ccc2c(C3CCN(CCCCC4CCNCC4)CC3)c[nH]c2c1. The molecule has 1 aromatic carbocycles. The summed E-state index contributed by atoms with van der Waals surface area (Å²) in [6.07, 6.45) is 11.9. The molecule has 2 aliphatic heterocycles. The topological polar surface area (TPSA) is 31.1 Å². The van der Waals surface area contributed by atoms with Crippen molar-refractivity contribution in [3.8, 4) is 0 Å². The third-order valence-corrected chi connectivity index (χ3v) is 6.44. The first-order valence-corrected chi connectivity index (χ1v) is 10.4. The van der Waals surface area contributed by atoms with Gasteiger partial charge in [0.25, 0.3) is 0 Å². The number of aromatic nitrogens is 1. The number of nitrogens with zero attached hydrogens (tertiary/aromatic N) is 1. The number of unbranched alkanes of at least 4 members (excludes halogenated alkanes) is 1. The second-order valence-electron chi connectivity index (χ2n) is 8.09. The lowest BCUT2D eigenvalue weighted by molar-refractivity contribution is 0.206. The highest BCUT2D eigenvalue weighted by atomic mass is 35.5. The molecule has 0 atom stereocenters. The Morgan fingerprint density at radius 1 is 0.962 bits per heavy atom. The van der Waals surface area contributed by atoms with Crippen LogP contribution in [0.3, 0.4) is 0 Å². The molecular formula is C22H34ClN3. The van der Waals surface area contributed by atoms with E-state index in [4.69, 9.17) is 0 Å². The lowest BCUT2D eigenvalue weighted by Crippen LogP contribution is -2.33. The Hall–Kier alpha value is -1.03. The van der Waals surface area contributed by atoms with Crippen LogP contribution in [-0.4, -0.2) is 42.6 Å². The van der Waals surface area contributed by atoms with Gasteiger partial charge in [0.15, 0.2) is 0 Å². The number of piperidine rings is 2. The first-order valence-electron chi connectivity index (χ1n) is 10.4. The fourth-order valence-electron chi connectivity index (χ4n) is 4.84. The van der Waals surface area contributed by atoms with Crippen molar-refractivity contribution in [2.75, 3.05) is 32.7 Å². The number of nitrogens with one attached hydrogen (secondary N) is 2. The predicted molar refractivity (Wildman–Crippen MR) is 113 cm³/mol. The Morgan fingerprint density at radius 3 is 2.54 bits per heavy atom. The molecule has 0 aliphatic carbocycles. The van der Waals surface area contributed by atoms with Crippen molar-refractivity contribution in [3.63, 3.8) is 0 Å². The van der Waals surface area contributed by atoms with Crippen LogP contribution in [0, 0.1) is 5.92 Å². The normalized spacial score (nSPS) is 20.3. The second-order valence-corrected chi connectivity index (χ2v) is 8.09. The van der Waals surface area contributed by atoms with E-state index >= 15 is 0 Å². The van der Waals surface area contributed by atoms with E-state index in [-0.39, 0.29) is 12.4 Å². The molecule has 4 rings (SSSR count). The molecule has 2 saturated heterocycles. The van der Waals surface area contributed by atoms with Gasteiger partial charge in [-0.15, -0.1) is 12.4 Å². The summed E-state index contributed by atoms with van der Waals surface area (Å²) in [4.78, 5) is 6.15. The third kappa shape index (κ3) is 4.82. The zero-order valence-corrected chi connectivity index (χ0v) is 16.7. The van der Waals surface area contributed by atoms with Crippen LogP contribution >= 0.6 is 12.4 Å². The van der Waals surface area contributed by atoms with Crippen LogP contribution < -0.4 is 5.32 Å². The number of H-pyrrole nitrogens is 1. The largest absolute Gasteiger partial charge is 0.361 e. The molecule has 26 heavy (non-hydrogen) atoms. The average Bonchev–Trinajstić information content (AvgIpc) is 3.11. The van der Waals surface area contributed by atoms with Gasteiger partial charge >= 0.3 is 0 Å². The van der Waals surface area contributed by atoms with Gasteiger partial charge in [0, 0.05) is 17.1 Å². The van der Waals surface area contributed by atoms with Crippen molar-refractivity contribution < 1.29 is 0 Å². The number of rotatable bonds is 6. The van der Waals surface area contributed by atoms with E-state index in [0.717, 1.165) is 11.8 Å². The molecule has 4 heteroatoms. The predicted octanol–water partition coefficient (Wildman–Crippen LogP) is 4.94. The van der Waals surface area contributed by atoms with Gasteiger partial charge in [-0.25, -0.2) is 0 Å². The number of aromatic amines is 1. The van der Waals surface area contributed by atoms with Gasteiger partial charge < -0.3 is 15.2 Å². The van der Waals surface area contributed by atoms with Crippen molar-refractivity contribution in [2.24, 2.45) is 5.92 Å². The molecule has 0 unspecified atom stereocenters. The smallest absolute Gasteiger partial charge is 0.0456 e. The van der Waals surface area contributed by atoms with Crippen molar-refractivity contribution in [2.45, 2.75) is 50.9 Å². The van der Waals surface area contributed by atoms with Crippen LogP contribution in [0.25, 0.3) is 10.9 Å². The van der Waals surface area contributed by atoms with Crippen molar-refractivity contribution >= 4 is 23.3 Å². The molecule has 0 radical (unpaired) electrons. The molecule has 2 N–H and O–H groups in total. The van der Waals surface area contributed by atoms with E-state index in [1.807, 2.05) is 0 Å². The van der Waals surface area contributed by atoms with E-state index in [9.17, 15) is 0 Å². The van der Waals surface area contributed by atoms with Gasteiger partial charge in [0.1, 0.15) is 0 Å². The van der Waals surface area contributed by atoms with Crippen molar-refractivity contribution in [3.05, 3.63) is 36.0 Å². The molecule has 2 aliphatic rings. The Morgan fingerprint density at radius 2 is 1.73 bits per heavy atom. The summed E-state index contributed by atoms with van der Waals surface area (Å²) in [6.45, 7) is 6.35. The number of para-hydroxylation sites is 1. The Kier molecular flexibility index (Phi) is 7.42. The minimum Gasteiger partial charge on any atom is -0.361 e. The number of likely N-dealkylation sites (tertiary alicyclic amines) is 1. The molecule has 1 aromatic heterocycles. The van der Waals surface area contributed by atoms with E-state index in [2.05, 4.69) is 45.7 Å². The molecular weight excluding hydrogens is 342 g/mol. The van der Waals surface area contributed by atoms with Gasteiger partial charge in [-0.3, -0.25) is 0 Å². The molecule has 0 bridgehead atoms. The molecule has 2 fully saturated rings. The van der Waals surface area contributed by atoms with E-state index in [1.165, 1.54) is 88.6 Å². The summed E-state index contributed by atoms with van der Waals surface area (Å²) >= 11 is 0. The molecule has 3 nitrogen and oxygen atoms in total. The third-order valence-electron chi connectivity index (χ3n) is 6.44. The van der Waals surface area contributed by atoms with E-state index in [0.29, 0.717) is 0 Å². The molecule has 0 spiro atoms. The summed E-state index contributed by atoms with van der Waals surface area (Å²) in [5, 5.41) is 4.91. The highest BCUT2D eigenvalue weighted by molar-refractivity contribution is 5.85. The van der Waals surface area contributed by atoms with E-state index < -0.39 is 0 Å². The maximum absolute atomic E-state index is 3.47. The standard InChI is InChI=1S/C22H33N3.ClH/c1-2-7-22-20(6-1)21(17-24-22)19-10-15-25(16-11-19)14-4-3-5-18-8-12-23-13-9-18;/h1-2,6-7,17-19,23-24H,3-5,8-16H2;1H. The maximum atomic E-state index is 3.47. The lowest BCUT2D eigenvalue weighted by atomic mass is 9.89. The van der Waals surface area contributed by atoms with Crippen LogP contribution in [0.2, 0.25) is 0 Å². The fourth-order valence-corrected chi connectivity index (χ4v) is 4.84. The number of hydrogen-bond acceptors (Lipinski definition) is 2. The van der Waals surface area contributed by atoms with Gasteiger partial charge in [-0.05, 0) is 88.3 Å². The zero-order valence-electron chi connectivity index (χ0n) is 15.9. The molecule has 2 aromatic rings. The average molecular weight is 376 g/mol. The summed E-state index contributed by atoms with van der Waals surface area (Å²) in [6, 6.07) is 8.75. The van der Waals surface area contributed by atoms with Gasteiger partial charge in [-0.1, -0.05) is 31.0 Å². The van der Waals surface area contributed by atoms with Crippen LogP contribution in [-0.2, 0) is 0 Å². The molecule has 0 saturated carbocycles. The Balaban J connectivity index is 0.00000196. The van der Waals surface area contributed by atoms with Crippen LogP contribution in [0.15, 0.2) is 30.5 Å². The van der Waals surface area contributed by atoms with Crippen molar-refractivity contribution in [1.29, 1.82) is 0 Å². The van der Waals surface area contributed by atoms with Crippen molar-refractivity contribution in [1.82, 2.24) is 15.2 Å². The highest BCUT2D eigenvalue weighted by Crippen LogP contribution is 2.33. The number of benzene rings is 1. The monoisotopic (exact) mass is 375 g/mol. The van der Waals surface area contributed by atoms with E-state index in [1.54, 1.807) is 5.56 Å². The highest BCUT2D eigenvalue weighted by Gasteiger charge is 2.22. The number of hydrogen-bond donors (Lipinski definition) is 2. The summed E-state index contributed by atoms with van der Waals surface area (Å²) in [7, 11) is 0. The summed E-state index contributed by atoms with van der Waals surface area (Å²) in [5.41, 5.74) is 2.83. The quantitative estimate of drug-likeness (QED) is 0.700. The Labute approximate surface area is 164 Å². The zero-order chi connectivity index (χ0) is 16.9. The van der Waals surface area contributed by atoms with Crippen LogP contribution in [0.1, 0.15) is 56.4 Å². The minimum absolute atomic E-state index is 0. The van der Waals surface area contributed by atoms with Gasteiger partial charge in [-0.2, -0.15) is 0 Å². The maximum Gasteiger partial charge on any atom is 0.0456 e. The first kappa shape index (κ1) is 19.7. The molecule has 0 amide bonds. The molecule has 3 heterocycles.